The second-order valence-corrected chi connectivity index (χ2v) is 8.86. The lowest BCUT2D eigenvalue weighted by molar-refractivity contribution is -0.385. The molecule has 8 heteroatoms. The van der Waals surface area contributed by atoms with Gasteiger partial charge in [-0.2, -0.15) is 0 Å². The van der Waals surface area contributed by atoms with Crippen molar-refractivity contribution in [1.82, 2.24) is 0 Å². The molecule has 0 amide bonds. The number of rotatable bonds is 6. The molecule has 7 nitrogen and oxygen atoms in total. The molecular weight excluding hydrogens is 418 g/mol. The zero-order chi connectivity index (χ0) is 22.1. The van der Waals surface area contributed by atoms with E-state index in [2.05, 4.69) is 0 Å². The van der Waals surface area contributed by atoms with Crippen molar-refractivity contribution < 1.29 is 24.3 Å². The summed E-state index contributed by atoms with van der Waals surface area (Å²) in [6, 6.07) is 8.57. The maximum Gasteiger partial charge on any atom is 0.349 e. The Morgan fingerprint density at radius 3 is 2.55 bits per heavy atom. The highest BCUT2D eigenvalue weighted by Gasteiger charge is 2.26. The van der Waals surface area contributed by atoms with Crippen LogP contribution in [0.5, 0.6) is 17.2 Å². The first-order chi connectivity index (χ1) is 14.9. The zero-order valence-electron chi connectivity index (χ0n) is 17.3. The molecule has 2 aromatic carbocycles. The Hall–Kier alpha value is -3.13. The minimum Gasteiger partial charge on any atom is -0.496 e. The summed E-state index contributed by atoms with van der Waals surface area (Å²) in [7, 11) is 1.54. The van der Waals surface area contributed by atoms with Gasteiger partial charge in [-0.25, -0.2) is 4.79 Å². The van der Waals surface area contributed by atoms with E-state index in [-0.39, 0.29) is 22.1 Å². The number of benzene rings is 2. The molecule has 0 radical (unpaired) electrons. The van der Waals surface area contributed by atoms with Crippen molar-refractivity contribution in [2.24, 2.45) is 0 Å². The molecule has 0 bridgehead atoms. The van der Waals surface area contributed by atoms with E-state index in [0.717, 1.165) is 48.1 Å². The molecule has 1 aromatic heterocycles. The van der Waals surface area contributed by atoms with E-state index in [9.17, 15) is 20.0 Å². The van der Waals surface area contributed by atoms with Crippen LogP contribution in [0.4, 0.5) is 5.69 Å². The summed E-state index contributed by atoms with van der Waals surface area (Å²) < 4.78 is 12.0. The summed E-state index contributed by atoms with van der Waals surface area (Å²) in [6.45, 7) is 1.87. The number of nitro groups is 1. The van der Waals surface area contributed by atoms with Gasteiger partial charge in [-0.1, -0.05) is 25.3 Å². The number of nitro benzene ring substituents is 1. The van der Waals surface area contributed by atoms with Crippen LogP contribution in [-0.4, -0.2) is 23.1 Å². The van der Waals surface area contributed by atoms with Crippen LogP contribution >= 0.6 is 11.3 Å². The topological polar surface area (TPSA) is 98.9 Å². The molecule has 31 heavy (non-hydrogen) atoms. The van der Waals surface area contributed by atoms with Crippen molar-refractivity contribution in [2.45, 2.75) is 44.9 Å². The number of ether oxygens (including phenoxy) is 2. The van der Waals surface area contributed by atoms with Gasteiger partial charge in [0.15, 0.2) is 10.6 Å². The van der Waals surface area contributed by atoms with Crippen LogP contribution in [0.25, 0.3) is 10.1 Å². The van der Waals surface area contributed by atoms with Crippen LogP contribution in [-0.2, 0) is 0 Å². The van der Waals surface area contributed by atoms with E-state index >= 15 is 0 Å². The van der Waals surface area contributed by atoms with Crippen LogP contribution in [0.3, 0.4) is 0 Å². The van der Waals surface area contributed by atoms with Crippen LogP contribution in [0.2, 0.25) is 0 Å². The van der Waals surface area contributed by atoms with E-state index in [1.165, 1.54) is 13.5 Å². The third-order valence-electron chi connectivity index (χ3n) is 5.82. The van der Waals surface area contributed by atoms with E-state index in [4.69, 9.17) is 9.47 Å². The number of hydrogen-bond acceptors (Lipinski definition) is 6. The summed E-state index contributed by atoms with van der Waals surface area (Å²) in [5.74, 6) is -0.112. The fourth-order valence-corrected chi connectivity index (χ4v) is 5.28. The SMILES string of the molecule is COc1cc2c(Oc3ccc(C4CCCCC4)cc3[N+](=O)[O-])c(C(=O)O)sc2cc1C. The molecule has 0 aliphatic heterocycles. The molecular formula is C23H23NO6S. The van der Waals surface area contributed by atoms with Crippen molar-refractivity contribution in [3.8, 4) is 17.2 Å². The van der Waals surface area contributed by atoms with Gasteiger partial charge >= 0.3 is 11.7 Å². The number of carboxylic acid groups (broad SMARTS) is 1. The third-order valence-corrected chi connectivity index (χ3v) is 6.94. The van der Waals surface area contributed by atoms with Crippen LogP contribution in [0, 0.1) is 17.0 Å². The van der Waals surface area contributed by atoms with Gasteiger partial charge in [-0.05, 0) is 55.0 Å². The molecule has 0 saturated heterocycles. The number of fused-ring (bicyclic) bond motifs is 1. The zero-order valence-corrected chi connectivity index (χ0v) is 18.2. The van der Waals surface area contributed by atoms with Gasteiger partial charge in [0.2, 0.25) is 5.75 Å². The van der Waals surface area contributed by atoms with Gasteiger partial charge in [-0.15, -0.1) is 11.3 Å². The van der Waals surface area contributed by atoms with Crippen molar-refractivity contribution in [1.29, 1.82) is 0 Å². The van der Waals surface area contributed by atoms with Crippen LogP contribution in [0.15, 0.2) is 30.3 Å². The minimum absolute atomic E-state index is 0.00620. The fraction of sp³-hybridized carbons (Fsp3) is 0.348. The van der Waals surface area contributed by atoms with Crippen LogP contribution < -0.4 is 9.47 Å². The van der Waals surface area contributed by atoms with Gasteiger partial charge < -0.3 is 14.6 Å². The quantitative estimate of drug-likeness (QED) is 0.339. The van der Waals surface area contributed by atoms with Gasteiger partial charge in [-0.3, -0.25) is 10.1 Å². The standard InChI is InChI=1S/C23H23NO6S/c1-13-10-20-16(12-19(13)29-2)21(22(31-20)23(25)26)30-18-9-8-15(11-17(18)24(27)28)14-6-4-3-5-7-14/h8-12,14H,3-7H2,1-2H3,(H,25,26). The molecule has 1 N–H and O–H groups in total. The summed E-state index contributed by atoms with van der Waals surface area (Å²) in [4.78, 5) is 23.2. The number of carboxylic acids is 1. The molecule has 1 saturated carbocycles. The summed E-state index contributed by atoms with van der Waals surface area (Å²) >= 11 is 1.07. The van der Waals surface area contributed by atoms with Gasteiger partial charge in [0.1, 0.15) is 5.75 Å². The van der Waals surface area contributed by atoms with Crippen LogP contribution in [0.1, 0.15) is 58.8 Å². The Kier molecular flexibility index (Phi) is 5.82. The lowest BCUT2D eigenvalue weighted by Crippen LogP contribution is -2.05. The summed E-state index contributed by atoms with van der Waals surface area (Å²) in [5, 5.41) is 22.1. The first-order valence-electron chi connectivity index (χ1n) is 10.2. The van der Waals surface area contributed by atoms with Crippen molar-refractivity contribution in [3.05, 3.63) is 56.5 Å². The molecule has 1 aliphatic rings. The largest absolute Gasteiger partial charge is 0.496 e. The lowest BCUT2D eigenvalue weighted by Gasteiger charge is -2.22. The molecule has 1 fully saturated rings. The van der Waals surface area contributed by atoms with E-state index in [0.29, 0.717) is 21.8 Å². The monoisotopic (exact) mass is 441 g/mol. The maximum atomic E-state index is 11.9. The van der Waals surface area contributed by atoms with E-state index < -0.39 is 10.9 Å². The number of aromatic carboxylic acids is 1. The number of nitrogens with zero attached hydrogens (tertiary/aromatic N) is 1. The number of methoxy groups -OCH3 is 1. The van der Waals surface area contributed by atoms with Crippen molar-refractivity contribution >= 4 is 33.1 Å². The summed E-state index contributed by atoms with van der Waals surface area (Å²) in [6.07, 6.45) is 5.50. The molecule has 1 aliphatic carbocycles. The highest BCUT2D eigenvalue weighted by atomic mass is 32.1. The summed E-state index contributed by atoms with van der Waals surface area (Å²) in [5.41, 5.74) is 1.64. The molecule has 0 spiro atoms. The highest BCUT2D eigenvalue weighted by molar-refractivity contribution is 7.21. The van der Waals surface area contributed by atoms with Gasteiger partial charge in [0.25, 0.3) is 0 Å². The first kappa shape index (κ1) is 21.1. The molecule has 162 valence electrons. The van der Waals surface area contributed by atoms with Crippen molar-refractivity contribution in [3.63, 3.8) is 0 Å². The molecule has 4 rings (SSSR count). The third kappa shape index (κ3) is 4.07. The number of carbonyl (C=O) groups is 1. The highest BCUT2D eigenvalue weighted by Crippen LogP contribution is 2.45. The molecule has 0 unspecified atom stereocenters. The lowest BCUT2D eigenvalue weighted by atomic mass is 9.84. The van der Waals surface area contributed by atoms with Gasteiger partial charge in [0.05, 0.1) is 12.0 Å². The smallest absolute Gasteiger partial charge is 0.349 e. The Balaban J connectivity index is 1.80. The predicted octanol–water partition coefficient (Wildman–Crippen LogP) is 6.66. The average molecular weight is 442 g/mol. The Labute approximate surface area is 183 Å². The minimum atomic E-state index is -1.14. The number of aryl methyl sites for hydroxylation is 1. The van der Waals surface area contributed by atoms with Gasteiger partial charge in [0, 0.05) is 16.2 Å². The number of thiophene rings is 1. The van der Waals surface area contributed by atoms with Crippen molar-refractivity contribution in [2.75, 3.05) is 7.11 Å². The maximum absolute atomic E-state index is 11.9. The second kappa shape index (κ2) is 8.55. The average Bonchev–Trinajstić information content (AvgIpc) is 3.11. The Morgan fingerprint density at radius 1 is 1.16 bits per heavy atom. The molecule has 1 heterocycles. The van der Waals surface area contributed by atoms with E-state index in [1.54, 1.807) is 18.2 Å². The van der Waals surface area contributed by atoms with E-state index in [1.807, 2.05) is 19.1 Å². The fourth-order valence-electron chi connectivity index (χ4n) is 4.23. The second-order valence-electron chi connectivity index (χ2n) is 7.80. The first-order valence-corrected chi connectivity index (χ1v) is 11.0. The Bertz CT molecular complexity index is 1160. The molecule has 0 atom stereocenters. The predicted molar refractivity (Wildman–Crippen MR) is 119 cm³/mol. The number of hydrogen-bond donors (Lipinski definition) is 1. The normalized spacial score (nSPS) is 14.5. The Morgan fingerprint density at radius 2 is 1.90 bits per heavy atom. The molecule has 3 aromatic rings.